The second-order valence-corrected chi connectivity index (χ2v) is 5.17. The number of hydrogen-bond acceptors (Lipinski definition) is 5. The van der Waals surface area contributed by atoms with Crippen LogP contribution >= 0.6 is 11.6 Å². The Balaban J connectivity index is 1.63. The molecule has 1 aliphatic rings. The molecule has 6 heteroatoms. The van der Waals surface area contributed by atoms with Crippen molar-refractivity contribution in [1.82, 2.24) is 20.4 Å². The molecule has 0 aromatic carbocycles. The van der Waals surface area contributed by atoms with Crippen LogP contribution in [0.2, 0.25) is 5.02 Å². The minimum atomic E-state index is 0.500. The molecule has 1 fully saturated rings. The van der Waals surface area contributed by atoms with Crippen molar-refractivity contribution in [3.05, 3.63) is 29.2 Å². The number of nitrogens with one attached hydrogen (secondary N) is 1. The van der Waals surface area contributed by atoms with Crippen molar-refractivity contribution in [3.8, 4) is 11.5 Å². The predicted octanol–water partition coefficient (Wildman–Crippen LogP) is 2.82. The van der Waals surface area contributed by atoms with Gasteiger partial charge in [-0.15, -0.1) is 0 Å². The molecule has 0 unspecified atom stereocenters. The molecule has 1 aliphatic carbocycles. The van der Waals surface area contributed by atoms with E-state index >= 15 is 0 Å². The highest BCUT2D eigenvalue weighted by atomic mass is 35.5. The molecule has 0 aliphatic heterocycles. The fraction of sp³-hybridized carbons (Fsp3) is 0.462. The van der Waals surface area contributed by atoms with E-state index in [1.54, 1.807) is 18.3 Å². The second-order valence-electron chi connectivity index (χ2n) is 4.74. The summed E-state index contributed by atoms with van der Waals surface area (Å²) in [5, 5.41) is 7.96. The fourth-order valence-electron chi connectivity index (χ4n) is 2.30. The largest absolute Gasteiger partial charge is 0.337 e. The maximum Gasteiger partial charge on any atom is 0.240 e. The van der Waals surface area contributed by atoms with E-state index < -0.39 is 0 Å². The monoisotopic (exact) mass is 278 g/mol. The molecule has 5 nitrogen and oxygen atoms in total. The molecule has 100 valence electrons. The molecule has 19 heavy (non-hydrogen) atoms. The lowest BCUT2D eigenvalue weighted by atomic mass is 10.2. The van der Waals surface area contributed by atoms with Gasteiger partial charge in [0.05, 0.1) is 11.6 Å². The molecule has 0 radical (unpaired) electrons. The van der Waals surface area contributed by atoms with Gasteiger partial charge in [-0.05, 0) is 25.0 Å². The average molecular weight is 279 g/mol. The summed E-state index contributed by atoms with van der Waals surface area (Å²) >= 11 is 5.79. The van der Waals surface area contributed by atoms with Crippen molar-refractivity contribution in [2.45, 2.75) is 38.3 Å². The maximum atomic E-state index is 5.79. The standard InChI is InChI=1S/C13H15ClN4O/c14-9-5-6-11(16-7-9)13-17-12(19-18-13)8-15-10-3-1-2-4-10/h5-7,10,15H,1-4,8H2. The Morgan fingerprint density at radius 1 is 1.32 bits per heavy atom. The molecular weight excluding hydrogens is 264 g/mol. The third kappa shape index (κ3) is 3.11. The number of nitrogens with zero attached hydrogens (tertiary/aromatic N) is 3. The van der Waals surface area contributed by atoms with Gasteiger partial charge in [0, 0.05) is 12.2 Å². The summed E-state index contributed by atoms with van der Waals surface area (Å²) in [6.07, 6.45) is 6.66. The molecule has 0 amide bonds. The molecule has 0 bridgehead atoms. The van der Waals surface area contributed by atoms with E-state index in [9.17, 15) is 0 Å². The number of halogens is 1. The molecule has 1 saturated carbocycles. The number of aromatic nitrogens is 3. The number of hydrogen-bond donors (Lipinski definition) is 1. The molecule has 2 aromatic rings. The highest BCUT2D eigenvalue weighted by Crippen LogP contribution is 2.19. The van der Waals surface area contributed by atoms with E-state index in [1.165, 1.54) is 25.7 Å². The zero-order valence-electron chi connectivity index (χ0n) is 10.5. The van der Waals surface area contributed by atoms with Crippen LogP contribution in [0.3, 0.4) is 0 Å². The van der Waals surface area contributed by atoms with Crippen molar-refractivity contribution in [1.29, 1.82) is 0 Å². The van der Waals surface area contributed by atoms with Crippen LogP contribution in [-0.2, 0) is 6.54 Å². The lowest BCUT2D eigenvalue weighted by molar-refractivity contribution is 0.357. The summed E-state index contributed by atoms with van der Waals surface area (Å²) in [5.41, 5.74) is 0.667. The molecule has 1 N–H and O–H groups in total. The topological polar surface area (TPSA) is 63.8 Å². The van der Waals surface area contributed by atoms with Crippen LogP contribution in [0.4, 0.5) is 0 Å². The first-order chi connectivity index (χ1) is 9.31. The Kier molecular flexibility index (Phi) is 3.75. The Morgan fingerprint density at radius 2 is 2.16 bits per heavy atom. The fourth-order valence-corrected chi connectivity index (χ4v) is 2.41. The maximum absolute atomic E-state index is 5.79. The van der Waals surface area contributed by atoms with Gasteiger partial charge < -0.3 is 9.84 Å². The van der Waals surface area contributed by atoms with Crippen molar-refractivity contribution < 1.29 is 4.52 Å². The van der Waals surface area contributed by atoms with Crippen molar-refractivity contribution in [3.63, 3.8) is 0 Å². The second kappa shape index (κ2) is 5.67. The third-order valence-corrected chi connectivity index (χ3v) is 3.55. The first kappa shape index (κ1) is 12.6. The first-order valence-corrected chi connectivity index (χ1v) is 6.87. The van der Waals surface area contributed by atoms with Gasteiger partial charge in [-0.2, -0.15) is 4.98 Å². The van der Waals surface area contributed by atoms with E-state index in [-0.39, 0.29) is 0 Å². The lowest BCUT2D eigenvalue weighted by Gasteiger charge is -2.08. The van der Waals surface area contributed by atoms with Gasteiger partial charge in [0.25, 0.3) is 0 Å². The van der Waals surface area contributed by atoms with Gasteiger partial charge in [0.15, 0.2) is 0 Å². The van der Waals surface area contributed by atoms with Gasteiger partial charge >= 0.3 is 0 Å². The summed E-state index contributed by atoms with van der Waals surface area (Å²) in [7, 11) is 0. The van der Waals surface area contributed by atoms with Gasteiger partial charge in [-0.25, -0.2) is 0 Å². The van der Waals surface area contributed by atoms with Crippen LogP contribution in [0.15, 0.2) is 22.9 Å². The van der Waals surface area contributed by atoms with Gasteiger partial charge in [-0.3, -0.25) is 4.98 Å². The normalized spacial score (nSPS) is 16.1. The van der Waals surface area contributed by atoms with Crippen LogP contribution < -0.4 is 5.32 Å². The summed E-state index contributed by atoms with van der Waals surface area (Å²) in [6, 6.07) is 4.13. The molecule has 0 spiro atoms. The Bertz CT molecular complexity index is 534. The van der Waals surface area contributed by atoms with Crippen LogP contribution in [-0.4, -0.2) is 21.2 Å². The minimum absolute atomic E-state index is 0.500. The summed E-state index contributed by atoms with van der Waals surface area (Å²) in [5.74, 6) is 1.10. The predicted molar refractivity (Wildman–Crippen MR) is 71.6 cm³/mol. The van der Waals surface area contributed by atoms with E-state index in [4.69, 9.17) is 16.1 Å². The Hall–Kier alpha value is -1.46. The summed E-state index contributed by atoms with van der Waals surface area (Å²) in [6.45, 7) is 0.616. The highest BCUT2D eigenvalue weighted by molar-refractivity contribution is 6.30. The zero-order chi connectivity index (χ0) is 13.1. The summed E-state index contributed by atoms with van der Waals surface area (Å²) < 4.78 is 5.21. The third-order valence-electron chi connectivity index (χ3n) is 3.32. The quantitative estimate of drug-likeness (QED) is 0.932. The van der Waals surface area contributed by atoms with E-state index in [2.05, 4.69) is 20.4 Å². The molecule has 0 saturated heterocycles. The first-order valence-electron chi connectivity index (χ1n) is 6.49. The van der Waals surface area contributed by atoms with Crippen molar-refractivity contribution >= 4 is 11.6 Å². The highest BCUT2D eigenvalue weighted by Gasteiger charge is 2.16. The Labute approximate surface area is 116 Å². The van der Waals surface area contributed by atoms with E-state index in [1.807, 2.05) is 0 Å². The average Bonchev–Trinajstić information content (AvgIpc) is 3.09. The van der Waals surface area contributed by atoms with Gasteiger partial charge in [0.2, 0.25) is 11.7 Å². The molecule has 2 aromatic heterocycles. The molecule has 3 rings (SSSR count). The van der Waals surface area contributed by atoms with Gasteiger partial charge in [-0.1, -0.05) is 29.6 Å². The number of rotatable bonds is 4. The Morgan fingerprint density at radius 3 is 2.89 bits per heavy atom. The van der Waals surface area contributed by atoms with E-state index in [0.717, 1.165) is 0 Å². The van der Waals surface area contributed by atoms with Crippen LogP contribution in [0.5, 0.6) is 0 Å². The van der Waals surface area contributed by atoms with E-state index in [0.29, 0.717) is 35.0 Å². The van der Waals surface area contributed by atoms with Crippen molar-refractivity contribution in [2.75, 3.05) is 0 Å². The summed E-state index contributed by atoms with van der Waals surface area (Å²) in [4.78, 5) is 8.49. The van der Waals surface area contributed by atoms with Gasteiger partial charge in [0.1, 0.15) is 5.69 Å². The molecule has 0 atom stereocenters. The van der Waals surface area contributed by atoms with Crippen molar-refractivity contribution in [2.24, 2.45) is 0 Å². The molecule has 2 heterocycles. The van der Waals surface area contributed by atoms with Crippen LogP contribution in [0.1, 0.15) is 31.6 Å². The zero-order valence-corrected chi connectivity index (χ0v) is 11.2. The number of pyridine rings is 1. The molecular formula is C13H15ClN4O. The SMILES string of the molecule is Clc1ccc(-c2noc(CNC3CCCC3)n2)nc1. The smallest absolute Gasteiger partial charge is 0.240 e. The van der Waals surface area contributed by atoms with Crippen LogP contribution in [0, 0.1) is 0 Å². The van der Waals surface area contributed by atoms with Crippen LogP contribution in [0.25, 0.3) is 11.5 Å². The minimum Gasteiger partial charge on any atom is -0.337 e. The lowest BCUT2D eigenvalue weighted by Crippen LogP contribution is -2.25.